The molecule has 1 rings (SSSR count). The van der Waals surface area contributed by atoms with Crippen LogP contribution in [0.15, 0.2) is 35.2 Å². The maximum absolute atomic E-state index is 11.7. The highest BCUT2D eigenvalue weighted by Crippen LogP contribution is 2.07. The number of hydrogen-bond acceptors (Lipinski definition) is 3. The Bertz CT molecular complexity index is 349. The molecule has 0 radical (unpaired) electrons. The lowest BCUT2D eigenvalue weighted by Crippen LogP contribution is -2.06. The maximum atomic E-state index is 11.7. The maximum Gasteiger partial charge on any atom is 0.305 e. The molecule has 0 fully saturated rings. The van der Waals surface area contributed by atoms with Crippen molar-refractivity contribution < 1.29 is 13.7 Å². The Kier molecular flexibility index (Phi) is 5.78. The number of carbonyl (C=O) groups is 1. The zero-order valence-corrected chi connectivity index (χ0v) is 10.2. The summed E-state index contributed by atoms with van der Waals surface area (Å²) in [4.78, 5) is 11.9. The summed E-state index contributed by atoms with van der Waals surface area (Å²) >= 11 is 0. The van der Waals surface area contributed by atoms with E-state index >= 15 is 0 Å². The molecule has 4 heteroatoms. The number of ether oxygens (including phenoxy) is 1. The molecule has 3 nitrogen and oxygen atoms in total. The molecule has 0 amide bonds. The highest BCUT2D eigenvalue weighted by Gasteiger charge is 2.05. The van der Waals surface area contributed by atoms with Crippen LogP contribution in [0.3, 0.4) is 0 Å². The number of benzene rings is 1. The van der Waals surface area contributed by atoms with Crippen LogP contribution in [0.4, 0.5) is 0 Å². The average molecular weight is 240 g/mol. The Labute approximate surface area is 98.3 Å². The van der Waals surface area contributed by atoms with Crippen LogP contribution >= 0.6 is 0 Å². The van der Waals surface area contributed by atoms with Crippen molar-refractivity contribution in [3.63, 3.8) is 0 Å². The molecule has 0 aromatic heterocycles. The van der Waals surface area contributed by atoms with Crippen molar-refractivity contribution in [2.24, 2.45) is 0 Å². The van der Waals surface area contributed by atoms with Crippen LogP contribution in [0.2, 0.25) is 0 Å². The van der Waals surface area contributed by atoms with Gasteiger partial charge in [-0.2, -0.15) is 0 Å². The van der Waals surface area contributed by atoms with E-state index in [0.717, 1.165) is 4.90 Å². The fourth-order valence-electron chi connectivity index (χ4n) is 1.27. The molecule has 0 aliphatic heterocycles. The van der Waals surface area contributed by atoms with Gasteiger partial charge in [0.15, 0.2) is 0 Å². The minimum Gasteiger partial charge on any atom is -0.466 e. The van der Waals surface area contributed by atoms with E-state index in [1.807, 2.05) is 30.3 Å². The van der Waals surface area contributed by atoms with E-state index < -0.39 is 10.8 Å². The molecular weight excluding hydrogens is 224 g/mol. The number of rotatable bonds is 6. The van der Waals surface area contributed by atoms with E-state index in [9.17, 15) is 9.00 Å². The summed E-state index contributed by atoms with van der Waals surface area (Å²) in [5.41, 5.74) is 0. The molecular formula is C12H16O3S. The Morgan fingerprint density at radius 3 is 2.62 bits per heavy atom. The highest BCUT2D eigenvalue weighted by molar-refractivity contribution is 7.85. The summed E-state index contributed by atoms with van der Waals surface area (Å²) in [7, 11) is -1.01. The van der Waals surface area contributed by atoms with Gasteiger partial charge in [0.1, 0.15) is 0 Å². The molecule has 1 aromatic carbocycles. The van der Waals surface area contributed by atoms with Gasteiger partial charge in [0.25, 0.3) is 0 Å². The van der Waals surface area contributed by atoms with Crippen LogP contribution in [-0.4, -0.2) is 22.5 Å². The Balaban J connectivity index is 2.29. The Morgan fingerprint density at radius 1 is 1.31 bits per heavy atom. The smallest absolute Gasteiger partial charge is 0.305 e. The van der Waals surface area contributed by atoms with E-state index in [2.05, 4.69) is 0 Å². The third kappa shape index (κ3) is 4.57. The third-order valence-electron chi connectivity index (χ3n) is 2.02. The monoisotopic (exact) mass is 240 g/mol. The molecule has 0 aliphatic carbocycles. The van der Waals surface area contributed by atoms with Crippen LogP contribution in [0, 0.1) is 0 Å². The van der Waals surface area contributed by atoms with E-state index in [-0.39, 0.29) is 5.97 Å². The van der Waals surface area contributed by atoms with Gasteiger partial charge in [0.2, 0.25) is 0 Å². The Morgan fingerprint density at radius 2 is 2.00 bits per heavy atom. The van der Waals surface area contributed by atoms with Crippen LogP contribution < -0.4 is 0 Å². The summed E-state index contributed by atoms with van der Waals surface area (Å²) in [6, 6.07) is 9.28. The predicted molar refractivity (Wildman–Crippen MR) is 63.6 cm³/mol. The van der Waals surface area contributed by atoms with Crippen molar-refractivity contribution in [2.75, 3.05) is 12.4 Å². The van der Waals surface area contributed by atoms with Crippen molar-refractivity contribution >= 4 is 16.8 Å². The van der Waals surface area contributed by atoms with Gasteiger partial charge >= 0.3 is 5.97 Å². The van der Waals surface area contributed by atoms with Crippen molar-refractivity contribution in [3.8, 4) is 0 Å². The first-order valence-electron chi connectivity index (χ1n) is 5.33. The lowest BCUT2D eigenvalue weighted by molar-refractivity contribution is -0.143. The zero-order valence-electron chi connectivity index (χ0n) is 9.35. The fraction of sp³-hybridized carbons (Fsp3) is 0.417. The number of carbonyl (C=O) groups excluding carboxylic acids is 1. The lowest BCUT2D eigenvalue weighted by atomic mass is 10.3. The van der Waals surface area contributed by atoms with E-state index in [1.54, 1.807) is 6.92 Å². The molecule has 0 saturated carbocycles. The molecule has 0 bridgehead atoms. The topological polar surface area (TPSA) is 43.4 Å². The molecule has 0 aliphatic rings. The quantitative estimate of drug-likeness (QED) is 0.715. The summed E-state index contributed by atoms with van der Waals surface area (Å²) in [5.74, 6) is 0.288. The van der Waals surface area contributed by atoms with Crippen molar-refractivity contribution in [3.05, 3.63) is 30.3 Å². The molecule has 0 saturated heterocycles. The summed E-state index contributed by atoms with van der Waals surface area (Å²) in [5, 5.41) is 0. The molecule has 16 heavy (non-hydrogen) atoms. The van der Waals surface area contributed by atoms with Crippen molar-refractivity contribution in [1.29, 1.82) is 0 Å². The van der Waals surface area contributed by atoms with Gasteiger partial charge in [-0.3, -0.25) is 9.00 Å². The van der Waals surface area contributed by atoms with Crippen LogP contribution in [0.25, 0.3) is 0 Å². The normalized spacial score (nSPS) is 12.1. The second-order valence-corrected chi connectivity index (χ2v) is 4.84. The van der Waals surface area contributed by atoms with Gasteiger partial charge < -0.3 is 4.74 Å². The largest absolute Gasteiger partial charge is 0.466 e. The van der Waals surface area contributed by atoms with Gasteiger partial charge in [-0.25, -0.2) is 0 Å². The van der Waals surface area contributed by atoms with E-state index in [4.69, 9.17) is 4.74 Å². The minimum atomic E-state index is -1.01. The SMILES string of the molecule is CCOC(=O)CCCS(=O)c1ccccc1. The van der Waals surface area contributed by atoms with Crippen molar-refractivity contribution in [2.45, 2.75) is 24.7 Å². The van der Waals surface area contributed by atoms with Gasteiger partial charge in [-0.15, -0.1) is 0 Å². The first-order valence-corrected chi connectivity index (χ1v) is 6.65. The van der Waals surface area contributed by atoms with Gasteiger partial charge in [0, 0.05) is 17.1 Å². The standard InChI is InChI=1S/C12H16O3S/c1-2-15-12(13)9-6-10-16(14)11-7-4-3-5-8-11/h3-5,7-8H,2,6,9-10H2,1H3. The first kappa shape index (κ1) is 12.9. The van der Waals surface area contributed by atoms with Crippen LogP contribution in [0.5, 0.6) is 0 Å². The molecule has 0 N–H and O–H groups in total. The molecule has 88 valence electrons. The lowest BCUT2D eigenvalue weighted by Gasteiger charge is -2.02. The number of hydrogen-bond donors (Lipinski definition) is 0. The van der Waals surface area contributed by atoms with Gasteiger partial charge in [0.05, 0.1) is 17.4 Å². The highest BCUT2D eigenvalue weighted by atomic mass is 32.2. The van der Waals surface area contributed by atoms with Crippen LogP contribution in [-0.2, 0) is 20.3 Å². The summed E-state index contributed by atoms with van der Waals surface area (Å²) < 4.78 is 16.5. The minimum absolute atomic E-state index is 0.215. The average Bonchev–Trinajstić information content (AvgIpc) is 2.30. The summed E-state index contributed by atoms with van der Waals surface area (Å²) in [6.45, 7) is 2.18. The predicted octanol–water partition coefficient (Wildman–Crippen LogP) is 2.14. The molecule has 0 heterocycles. The second-order valence-electron chi connectivity index (χ2n) is 3.27. The molecule has 1 unspecified atom stereocenters. The van der Waals surface area contributed by atoms with E-state index in [1.165, 1.54) is 0 Å². The summed E-state index contributed by atoms with van der Waals surface area (Å²) in [6.07, 6.45) is 0.937. The van der Waals surface area contributed by atoms with Crippen LogP contribution in [0.1, 0.15) is 19.8 Å². The van der Waals surface area contributed by atoms with E-state index in [0.29, 0.717) is 25.2 Å². The van der Waals surface area contributed by atoms with Gasteiger partial charge in [-0.1, -0.05) is 18.2 Å². The second kappa shape index (κ2) is 7.17. The Hall–Kier alpha value is -1.16. The number of esters is 1. The molecule has 0 spiro atoms. The third-order valence-corrected chi connectivity index (χ3v) is 3.48. The first-order chi connectivity index (χ1) is 7.74. The molecule has 1 aromatic rings. The zero-order chi connectivity index (χ0) is 11.8. The van der Waals surface area contributed by atoms with Crippen molar-refractivity contribution in [1.82, 2.24) is 0 Å². The molecule has 1 atom stereocenters. The van der Waals surface area contributed by atoms with Gasteiger partial charge in [-0.05, 0) is 25.5 Å². The fourth-order valence-corrected chi connectivity index (χ4v) is 2.37.